The van der Waals surface area contributed by atoms with E-state index in [4.69, 9.17) is 5.73 Å². The highest BCUT2D eigenvalue weighted by Gasteiger charge is 2.21. The number of H-pyrrole nitrogens is 1. The summed E-state index contributed by atoms with van der Waals surface area (Å²) in [5.74, 6) is -1.38. The maximum atomic E-state index is 12.9. The summed E-state index contributed by atoms with van der Waals surface area (Å²) < 4.78 is 0. The zero-order valence-electron chi connectivity index (χ0n) is 21.8. The minimum atomic E-state index is -0.813. The molecular formula is C29H29N7O3. The normalized spacial score (nSPS) is 11.8. The zero-order valence-corrected chi connectivity index (χ0v) is 21.8. The number of nitrogens with zero attached hydrogens (tertiary/aromatic N) is 2. The number of rotatable bonds is 9. The number of nitrogens with one attached hydrogen (secondary N) is 4. The Morgan fingerprint density at radius 1 is 1.03 bits per heavy atom. The third-order valence-corrected chi connectivity index (χ3v) is 6.36. The molecule has 10 heteroatoms. The second-order valence-electron chi connectivity index (χ2n) is 9.76. The maximum Gasteiger partial charge on any atom is 0.273 e. The molecule has 3 amide bonds. The van der Waals surface area contributed by atoms with Crippen molar-refractivity contribution in [3.8, 4) is 6.07 Å². The van der Waals surface area contributed by atoms with Crippen molar-refractivity contribution in [2.45, 2.75) is 38.8 Å². The SMILES string of the molecule is C[C@H](NC(=O)c1n[nH]c2cc(NCc3cccc(NC(=O)c4cccc(C(C)(C)C#N)c4)c3)ccc12)C(N)=O. The van der Waals surface area contributed by atoms with Gasteiger partial charge in [-0.3, -0.25) is 19.5 Å². The molecule has 4 aromatic rings. The number of primary amides is 1. The monoisotopic (exact) mass is 523 g/mol. The van der Waals surface area contributed by atoms with Gasteiger partial charge >= 0.3 is 0 Å². The molecule has 0 aliphatic carbocycles. The van der Waals surface area contributed by atoms with Crippen molar-refractivity contribution >= 4 is 40.0 Å². The van der Waals surface area contributed by atoms with Gasteiger partial charge in [0.05, 0.1) is 17.0 Å². The van der Waals surface area contributed by atoms with Crippen LogP contribution in [-0.2, 0) is 16.8 Å². The first kappa shape index (κ1) is 26.9. The standard InChI is InChI=1S/C29H29N7O3/c1-17(26(31)37)33-28(39)25-23-11-10-21(14-24(23)35-36-25)32-15-18-6-4-9-22(12-18)34-27(38)19-7-5-8-20(13-19)29(2,3)16-30/h4-14,17,32H,15H2,1-3H3,(H2,31,37)(H,33,39)(H,34,38)(H,35,36)/t17-/m0/s1. The smallest absolute Gasteiger partial charge is 0.273 e. The molecule has 1 heterocycles. The van der Waals surface area contributed by atoms with E-state index in [9.17, 15) is 19.6 Å². The van der Waals surface area contributed by atoms with Crippen molar-refractivity contribution in [2.75, 3.05) is 10.6 Å². The fraction of sp³-hybridized carbons (Fsp3) is 0.207. The second kappa shape index (κ2) is 11.1. The molecular weight excluding hydrogens is 494 g/mol. The largest absolute Gasteiger partial charge is 0.381 e. The number of carbonyl (C=O) groups excluding carboxylic acids is 3. The second-order valence-corrected chi connectivity index (χ2v) is 9.76. The Bertz CT molecular complexity index is 1600. The summed E-state index contributed by atoms with van der Waals surface area (Å²) in [6.07, 6.45) is 0. The quantitative estimate of drug-likeness (QED) is 0.224. The first-order valence-electron chi connectivity index (χ1n) is 12.3. The molecule has 198 valence electrons. The molecule has 0 fully saturated rings. The molecule has 3 aromatic carbocycles. The van der Waals surface area contributed by atoms with E-state index in [0.717, 1.165) is 16.8 Å². The van der Waals surface area contributed by atoms with Crippen molar-refractivity contribution in [1.29, 1.82) is 5.26 Å². The lowest BCUT2D eigenvalue weighted by Crippen LogP contribution is -2.42. The average molecular weight is 524 g/mol. The summed E-state index contributed by atoms with van der Waals surface area (Å²) in [6.45, 7) is 5.62. The molecule has 0 aliphatic heterocycles. The van der Waals surface area contributed by atoms with Crippen LogP contribution in [0.25, 0.3) is 10.9 Å². The van der Waals surface area contributed by atoms with Crippen molar-refractivity contribution in [1.82, 2.24) is 15.5 Å². The summed E-state index contributed by atoms with van der Waals surface area (Å²) in [6, 6.07) is 21.4. The van der Waals surface area contributed by atoms with E-state index in [2.05, 4.69) is 32.2 Å². The van der Waals surface area contributed by atoms with Gasteiger partial charge in [0, 0.05) is 28.9 Å². The number of amides is 3. The van der Waals surface area contributed by atoms with Crippen LogP contribution in [0.4, 0.5) is 11.4 Å². The molecule has 0 aliphatic rings. The highest BCUT2D eigenvalue weighted by Crippen LogP contribution is 2.24. The van der Waals surface area contributed by atoms with Crippen LogP contribution in [0.3, 0.4) is 0 Å². The van der Waals surface area contributed by atoms with Crippen LogP contribution in [0.1, 0.15) is 52.7 Å². The number of carbonyl (C=O) groups is 3. The van der Waals surface area contributed by atoms with Gasteiger partial charge < -0.3 is 21.7 Å². The van der Waals surface area contributed by atoms with Crippen molar-refractivity contribution < 1.29 is 14.4 Å². The number of hydrogen-bond acceptors (Lipinski definition) is 6. The van der Waals surface area contributed by atoms with Gasteiger partial charge in [-0.2, -0.15) is 10.4 Å². The predicted octanol–water partition coefficient (Wildman–Crippen LogP) is 3.83. The Morgan fingerprint density at radius 3 is 2.54 bits per heavy atom. The van der Waals surface area contributed by atoms with Gasteiger partial charge in [0.25, 0.3) is 11.8 Å². The number of aromatic nitrogens is 2. The molecule has 1 aromatic heterocycles. The minimum Gasteiger partial charge on any atom is -0.381 e. The van der Waals surface area contributed by atoms with Gasteiger partial charge in [0.15, 0.2) is 5.69 Å². The third-order valence-electron chi connectivity index (χ3n) is 6.36. The number of aromatic amines is 1. The van der Waals surface area contributed by atoms with Gasteiger partial charge in [-0.25, -0.2) is 0 Å². The highest BCUT2D eigenvalue weighted by atomic mass is 16.2. The molecule has 0 bridgehead atoms. The van der Waals surface area contributed by atoms with E-state index >= 15 is 0 Å². The number of anilines is 2. The average Bonchev–Trinajstić information content (AvgIpc) is 3.35. The van der Waals surface area contributed by atoms with Crippen LogP contribution in [0.2, 0.25) is 0 Å². The number of nitriles is 1. The summed E-state index contributed by atoms with van der Waals surface area (Å²) in [7, 11) is 0. The predicted molar refractivity (Wildman–Crippen MR) is 149 cm³/mol. The number of fused-ring (bicyclic) bond motifs is 1. The zero-order chi connectivity index (χ0) is 28.2. The summed E-state index contributed by atoms with van der Waals surface area (Å²) >= 11 is 0. The molecule has 10 nitrogen and oxygen atoms in total. The Balaban J connectivity index is 1.41. The minimum absolute atomic E-state index is 0.176. The number of hydrogen-bond donors (Lipinski definition) is 5. The van der Waals surface area contributed by atoms with E-state index in [1.54, 1.807) is 24.3 Å². The van der Waals surface area contributed by atoms with Crippen LogP contribution in [0, 0.1) is 11.3 Å². The molecule has 0 radical (unpaired) electrons. The van der Waals surface area contributed by atoms with Crippen LogP contribution in [0.5, 0.6) is 0 Å². The Morgan fingerprint density at radius 2 is 1.79 bits per heavy atom. The molecule has 0 unspecified atom stereocenters. The lowest BCUT2D eigenvalue weighted by molar-refractivity contribution is -0.119. The van der Waals surface area contributed by atoms with Crippen LogP contribution in [-0.4, -0.2) is 34.0 Å². The van der Waals surface area contributed by atoms with E-state index < -0.39 is 23.3 Å². The van der Waals surface area contributed by atoms with E-state index in [0.29, 0.717) is 28.7 Å². The first-order chi connectivity index (χ1) is 18.6. The van der Waals surface area contributed by atoms with Gasteiger partial charge in [-0.15, -0.1) is 0 Å². The van der Waals surface area contributed by atoms with Gasteiger partial charge in [-0.05, 0) is 74.4 Å². The summed E-state index contributed by atoms with van der Waals surface area (Å²) in [5.41, 5.74) is 8.99. The van der Waals surface area contributed by atoms with Gasteiger partial charge in [0.2, 0.25) is 5.91 Å². The molecule has 1 atom stereocenters. The third kappa shape index (κ3) is 6.22. The fourth-order valence-corrected chi connectivity index (χ4v) is 3.92. The number of nitrogens with two attached hydrogens (primary N) is 1. The van der Waals surface area contributed by atoms with Crippen LogP contribution >= 0.6 is 0 Å². The Hall–Kier alpha value is -5.17. The highest BCUT2D eigenvalue weighted by molar-refractivity contribution is 6.06. The number of benzene rings is 3. The molecule has 6 N–H and O–H groups in total. The Labute approximate surface area is 225 Å². The topological polar surface area (TPSA) is 166 Å². The lowest BCUT2D eigenvalue weighted by atomic mass is 9.85. The molecule has 0 spiro atoms. The van der Waals surface area contributed by atoms with E-state index in [-0.39, 0.29) is 11.6 Å². The van der Waals surface area contributed by atoms with Crippen molar-refractivity contribution in [3.63, 3.8) is 0 Å². The van der Waals surface area contributed by atoms with Crippen LogP contribution in [0.15, 0.2) is 66.7 Å². The Kier molecular flexibility index (Phi) is 7.63. The summed E-state index contributed by atoms with van der Waals surface area (Å²) in [4.78, 5) is 36.5. The van der Waals surface area contributed by atoms with Gasteiger partial charge in [-0.1, -0.05) is 24.3 Å². The van der Waals surface area contributed by atoms with E-state index in [1.165, 1.54) is 6.92 Å². The first-order valence-corrected chi connectivity index (χ1v) is 12.3. The lowest BCUT2D eigenvalue weighted by Gasteiger charge is -2.16. The van der Waals surface area contributed by atoms with Crippen LogP contribution < -0.4 is 21.7 Å². The van der Waals surface area contributed by atoms with E-state index in [1.807, 2.05) is 56.3 Å². The summed E-state index contributed by atoms with van der Waals surface area (Å²) in [5, 5.41) is 25.7. The molecule has 39 heavy (non-hydrogen) atoms. The molecule has 0 saturated heterocycles. The van der Waals surface area contributed by atoms with Gasteiger partial charge in [0.1, 0.15) is 6.04 Å². The maximum absolute atomic E-state index is 12.9. The molecule has 0 saturated carbocycles. The van der Waals surface area contributed by atoms with Crippen molar-refractivity contribution in [3.05, 3.63) is 89.1 Å². The molecule has 4 rings (SSSR count). The van der Waals surface area contributed by atoms with Crippen molar-refractivity contribution in [2.24, 2.45) is 5.73 Å². The fourth-order valence-electron chi connectivity index (χ4n) is 3.92.